The van der Waals surface area contributed by atoms with Crippen molar-refractivity contribution in [3.63, 3.8) is 0 Å². The van der Waals surface area contributed by atoms with E-state index in [0.717, 1.165) is 10.9 Å². The van der Waals surface area contributed by atoms with E-state index in [1.54, 1.807) is 6.92 Å². The van der Waals surface area contributed by atoms with Crippen molar-refractivity contribution in [3.8, 4) is 0 Å². The molecule has 3 nitrogen and oxygen atoms in total. The molecular weight excluding hydrogens is 256 g/mol. The number of hydrogen-bond acceptors (Lipinski definition) is 4. The highest BCUT2D eigenvalue weighted by Crippen LogP contribution is 2.32. The van der Waals surface area contributed by atoms with Gasteiger partial charge in [-0.15, -0.1) is 0 Å². The summed E-state index contributed by atoms with van der Waals surface area (Å²) in [6.07, 6.45) is 3.69. The Morgan fingerprint density at radius 3 is 2.95 bits per heavy atom. The summed E-state index contributed by atoms with van der Waals surface area (Å²) in [7, 11) is 0. The monoisotopic (exact) mass is 278 g/mol. The van der Waals surface area contributed by atoms with E-state index in [4.69, 9.17) is 5.73 Å². The molecule has 0 radical (unpaired) electrons. The number of carbonyl (C=O) groups excluding carboxylic acids is 1. The molecular formula is C15H22N2OS. The molecule has 0 aromatic heterocycles. The quantitative estimate of drug-likeness (QED) is 0.639. The maximum Gasteiger partial charge on any atom is 0.161 e. The van der Waals surface area contributed by atoms with E-state index >= 15 is 0 Å². The highest BCUT2D eigenvalue weighted by atomic mass is 32.2. The first kappa shape index (κ1) is 14.3. The number of nitrogens with two attached hydrogens (primary N) is 1. The van der Waals surface area contributed by atoms with Crippen LogP contribution in [0, 0.1) is 0 Å². The lowest BCUT2D eigenvalue weighted by Crippen LogP contribution is -2.16. The number of hydrogen-bond donors (Lipinski definition) is 2. The van der Waals surface area contributed by atoms with Gasteiger partial charge >= 0.3 is 0 Å². The molecule has 0 aliphatic heterocycles. The Morgan fingerprint density at radius 2 is 2.26 bits per heavy atom. The zero-order valence-corrected chi connectivity index (χ0v) is 12.4. The van der Waals surface area contributed by atoms with E-state index in [9.17, 15) is 4.79 Å². The molecule has 0 saturated heterocycles. The van der Waals surface area contributed by atoms with Gasteiger partial charge in [-0.1, -0.05) is 6.92 Å². The van der Waals surface area contributed by atoms with Crippen molar-refractivity contribution >= 4 is 28.9 Å². The van der Waals surface area contributed by atoms with Gasteiger partial charge in [-0.25, -0.2) is 0 Å². The molecule has 4 heteroatoms. The van der Waals surface area contributed by atoms with Crippen molar-refractivity contribution in [2.45, 2.75) is 44.4 Å². The predicted molar refractivity (Wildman–Crippen MR) is 84.0 cm³/mol. The molecule has 3 N–H and O–H groups in total. The van der Waals surface area contributed by atoms with E-state index < -0.39 is 0 Å². The summed E-state index contributed by atoms with van der Waals surface area (Å²) in [4.78, 5) is 11.5. The van der Waals surface area contributed by atoms with Crippen LogP contribution in [0.15, 0.2) is 18.2 Å². The first-order chi connectivity index (χ1) is 9.10. The molecule has 1 aromatic carbocycles. The zero-order chi connectivity index (χ0) is 13.8. The van der Waals surface area contributed by atoms with Crippen molar-refractivity contribution in [1.29, 1.82) is 0 Å². The molecule has 0 bridgehead atoms. The summed E-state index contributed by atoms with van der Waals surface area (Å²) in [5.74, 6) is 1.21. The maximum atomic E-state index is 11.5. The van der Waals surface area contributed by atoms with Crippen molar-refractivity contribution in [1.82, 2.24) is 0 Å². The number of rotatable bonds is 5. The van der Waals surface area contributed by atoms with Gasteiger partial charge in [-0.3, -0.25) is 4.79 Å². The largest absolute Gasteiger partial charge is 0.398 e. The fourth-order valence-corrected chi connectivity index (χ4v) is 3.79. The Bertz CT molecular complexity index is 461. The van der Waals surface area contributed by atoms with Crippen molar-refractivity contribution in [2.75, 3.05) is 16.8 Å². The number of nitrogens with one attached hydrogen (secondary N) is 1. The third-order valence-corrected chi connectivity index (χ3v) is 4.82. The average molecular weight is 278 g/mol. The van der Waals surface area contributed by atoms with Crippen LogP contribution in [0.4, 0.5) is 11.4 Å². The third-order valence-electron chi connectivity index (χ3n) is 3.59. The molecule has 0 heterocycles. The highest BCUT2D eigenvalue weighted by molar-refractivity contribution is 7.99. The summed E-state index contributed by atoms with van der Waals surface area (Å²) in [6, 6.07) is 6.17. The van der Waals surface area contributed by atoms with Gasteiger partial charge in [0.1, 0.15) is 0 Å². The molecule has 1 aliphatic carbocycles. The van der Waals surface area contributed by atoms with Gasteiger partial charge in [-0.05, 0) is 50.1 Å². The van der Waals surface area contributed by atoms with Gasteiger partial charge in [0.25, 0.3) is 0 Å². The number of thioether (sulfide) groups is 1. The first-order valence-corrected chi connectivity index (χ1v) is 7.93. The van der Waals surface area contributed by atoms with Crippen LogP contribution in [-0.2, 0) is 0 Å². The smallest absolute Gasteiger partial charge is 0.161 e. The summed E-state index contributed by atoms with van der Waals surface area (Å²) in [6.45, 7) is 3.77. The van der Waals surface area contributed by atoms with Gasteiger partial charge in [-0.2, -0.15) is 11.8 Å². The lowest BCUT2D eigenvalue weighted by Gasteiger charge is -2.15. The highest BCUT2D eigenvalue weighted by Gasteiger charge is 2.24. The Kier molecular flexibility index (Phi) is 4.75. The molecule has 2 rings (SSSR count). The zero-order valence-electron chi connectivity index (χ0n) is 11.6. The van der Waals surface area contributed by atoms with Crippen LogP contribution >= 0.6 is 11.8 Å². The second kappa shape index (κ2) is 6.33. The van der Waals surface area contributed by atoms with Crippen molar-refractivity contribution < 1.29 is 4.79 Å². The lowest BCUT2D eigenvalue weighted by atomic mass is 10.1. The number of Topliss-reactive ketones (excluding diaryl/α,β-unsaturated/α-hetero) is 1. The molecule has 0 amide bonds. The summed E-state index contributed by atoms with van der Waals surface area (Å²) in [5.41, 5.74) is 7.99. The van der Waals surface area contributed by atoms with Crippen molar-refractivity contribution in [2.24, 2.45) is 0 Å². The van der Waals surface area contributed by atoms with Gasteiger partial charge in [0.15, 0.2) is 5.78 Å². The van der Waals surface area contributed by atoms with Crippen LogP contribution in [0.3, 0.4) is 0 Å². The average Bonchev–Trinajstić information content (AvgIpc) is 2.79. The Labute approximate surface area is 119 Å². The van der Waals surface area contributed by atoms with Crippen LogP contribution in [0.25, 0.3) is 0 Å². The number of anilines is 2. The minimum Gasteiger partial charge on any atom is -0.398 e. The third kappa shape index (κ3) is 3.66. The number of nitrogen functional groups attached to an aromatic ring is 1. The molecule has 104 valence electrons. The Hall–Kier alpha value is -1.16. The number of ketones is 1. The van der Waals surface area contributed by atoms with Crippen LogP contribution in [-0.4, -0.2) is 22.8 Å². The van der Waals surface area contributed by atoms with E-state index in [0.29, 0.717) is 17.3 Å². The SMILES string of the molecule is CCSC1CCC(Nc2ccc(N)c(C(C)=O)c2)C1. The van der Waals surface area contributed by atoms with Gasteiger partial charge in [0.05, 0.1) is 0 Å². The van der Waals surface area contributed by atoms with Gasteiger partial charge < -0.3 is 11.1 Å². The van der Waals surface area contributed by atoms with Crippen molar-refractivity contribution in [3.05, 3.63) is 23.8 Å². The van der Waals surface area contributed by atoms with Crippen LogP contribution in [0.5, 0.6) is 0 Å². The predicted octanol–water partition coefficient (Wildman–Crippen LogP) is 3.56. The van der Waals surface area contributed by atoms with Gasteiger partial charge in [0, 0.05) is 28.2 Å². The van der Waals surface area contributed by atoms with Crippen LogP contribution in [0.1, 0.15) is 43.5 Å². The van der Waals surface area contributed by atoms with Gasteiger partial charge in [0.2, 0.25) is 0 Å². The standard InChI is InChI=1S/C15H22N2OS/c1-3-19-13-6-4-11(8-13)17-12-5-7-15(16)14(9-12)10(2)18/h5,7,9,11,13,17H,3-4,6,8,16H2,1-2H3. The fraction of sp³-hybridized carbons (Fsp3) is 0.533. The topological polar surface area (TPSA) is 55.1 Å². The molecule has 2 atom stereocenters. The fourth-order valence-electron chi connectivity index (χ4n) is 2.64. The molecule has 1 aromatic rings. The van der Waals surface area contributed by atoms with E-state index in [1.165, 1.54) is 25.0 Å². The molecule has 1 fully saturated rings. The minimum absolute atomic E-state index is 0.0204. The Morgan fingerprint density at radius 1 is 1.47 bits per heavy atom. The van der Waals surface area contributed by atoms with E-state index in [-0.39, 0.29) is 5.78 Å². The number of benzene rings is 1. The van der Waals surface area contributed by atoms with E-state index in [2.05, 4.69) is 12.2 Å². The molecule has 2 unspecified atom stereocenters. The molecule has 0 spiro atoms. The maximum absolute atomic E-state index is 11.5. The lowest BCUT2D eigenvalue weighted by molar-refractivity contribution is 0.101. The summed E-state index contributed by atoms with van der Waals surface area (Å²) < 4.78 is 0. The normalized spacial score (nSPS) is 22.4. The molecule has 1 saturated carbocycles. The second-order valence-electron chi connectivity index (χ2n) is 5.09. The molecule has 19 heavy (non-hydrogen) atoms. The van der Waals surface area contributed by atoms with E-state index in [1.807, 2.05) is 30.0 Å². The minimum atomic E-state index is 0.0204. The number of carbonyl (C=O) groups is 1. The molecule has 1 aliphatic rings. The van der Waals surface area contributed by atoms with Crippen LogP contribution in [0.2, 0.25) is 0 Å². The first-order valence-electron chi connectivity index (χ1n) is 6.88. The summed E-state index contributed by atoms with van der Waals surface area (Å²) in [5, 5.41) is 4.31. The van der Waals surface area contributed by atoms with Crippen LogP contribution < -0.4 is 11.1 Å². The Balaban J connectivity index is 2.00. The second-order valence-corrected chi connectivity index (χ2v) is 6.67. The summed E-state index contributed by atoms with van der Waals surface area (Å²) >= 11 is 2.05.